The lowest BCUT2D eigenvalue weighted by atomic mass is 9.83. The highest BCUT2D eigenvalue weighted by atomic mass is 79.9. The van der Waals surface area contributed by atoms with Crippen molar-refractivity contribution in [3.63, 3.8) is 0 Å². The fourth-order valence-electron chi connectivity index (χ4n) is 3.08. The summed E-state index contributed by atoms with van der Waals surface area (Å²) in [5.74, 6) is 0.0861. The summed E-state index contributed by atoms with van der Waals surface area (Å²) >= 11 is 3.43. The third-order valence-corrected chi connectivity index (χ3v) is 4.83. The van der Waals surface area contributed by atoms with Crippen LogP contribution in [0.3, 0.4) is 0 Å². The van der Waals surface area contributed by atoms with Gasteiger partial charge in [-0.25, -0.2) is 0 Å². The van der Waals surface area contributed by atoms with Crippen LogP contribution in [-0.2, 0) is 0 Å². The van der Waals surface area contributed by atoms with Gasteiger partial charge in [-0.2, -0.15) is 5.26 Å². The smallest absolute Gasteiger partial charge is 0.244 e. The van der Waals surface area contributed by atoms with E-state index >= 15 is 0 Å². The van der Waals surface area contributed by atoms with Crippen molar-refractivity contribution in [2.45, 2.75) is 5.92 Å². The van der Waals surface area contributed by atoms with Crippen LogP contribution in [0.25, 0.3) is 11.3 Å². The van der Waals surface area contributed by atoms with Crippen molar-refractivity contribution < 1.29 is 9.84 Å². The molecule has 0 unspecified atom stereocenters. The molecule has 0 radical (unpaired) electrons. The molecule has 0 saturated heterocycles. The Balaban J connectivity index is 1.93. The van der Waals surface area contributed by atoms with E-state index in [4.69, 9.17) is 10.5 Å². The summed E-state index contributed by atoms with van der Waals surface area (Å²) in [4.78, 5) is 0. The highest BCUT2D eigenvalue weighted by Crippen LogP contribution is 2.45. The number of aromatic amines is 1. The quantitative estimate of drug-likeness (QED) is 0.597. The predicted octanol–water partition coefficient (Wildman–Crippen LogP) is 3.76. The fourth-order valence-corrected chi connectivity index (χ4v) is 3.35. The van der Waals surface area contributed by atoms with Gasteiger partial charge in [0.1, 0.15) is 17.4 Å². The molecule has 26 heavy (non-hydrogen) atoms. The third-order valence-electron chi connectivity index (χ3n) is 4.30. The van der Waals surface area contributed by atoms with Crippen LogP contribution >= 0.6 is 15.9 Å². The van der Waals surface area contributed by atoms with Crippen molar-refractivity contribution in [2.75, 3.05) is 0 Å². The van der Waals surface area contributed by atoms with Crippen molar-refractivity contribution in [1.82, 2.24) is 10.2 Å². The predicted molar refractivity (Wildman–Crippen MR) is 99.1 cm³/mol. The Morgan fingerprint density at radius 2 is 1.85 bits per heavy atom. The van der Waals surface area contributed by atoms with E-state index in [0.717, 1.165) is 26.9 Å². The molecular formula is C19H13BrN4O2. The van der Waals surface area contributed by atoms with Crippen LogP contribution in [0, 0.1) is 11.3 Å². The SMILES string of the molecule is N#CC1=C(N)Oc2n[nH]c(-c3ccc(Br)cc3)c2[C@H]1c1ccc(O)cc1. The molecule has 6 nitrogen and oxygen atoms in total. The summed E-state index contributed by atoms with van der Waals surface area (Å²) in [6.07, 6.45) is 0. The van der Waals surface area contributed by atoms with Crippen molar-refractivity contribution in [3.05, 3.63) is 75.6 Å². The van der Waals surface area contributed by atoms with Gasteiger partial charge in [0, 0.05) is 10.0 Å². The molecule has 0 bridgehead atoms. The maximum absolute atomic E-state index is 9.65. The molecule has 1 atom stereocenters. The van der Waals surface area contributed by atoms with Gasteiger partial charge in [0.25, 0.3) is 0 Å². The molecule has 0 fully saturated rings. The number of aromatic hydroxyl groups is 1. The van der Waals surface area contributed by atoms with Crippen LogP contribution in [0.4, 0.5) is 0 Å². The molecular weight excluding hydrogens is 396 g/mol. The molecule has 0 aliphatic carbocycles. The minimum atomic E-state index is -0.443. The summed E-state index contributed by atoms with van der Waals surface area (Å²) < 4.78 is 6.53. The zero-order valence-electron chi connectivity index (χ0n) is 13.4. The first kappa shape index (κ1) is 16.2. The number of hydrogen-bond acceptors (Lipinski definition) is 5. The number of H-pyrrole nitrogens is 1. The zero-order chi connectivity index (χ0) is 18.3. The van der Waals surface area contributed by atoms with Gasteiger partial charge >= 0.3 is 0 Å². The second kappa shape index (κ2) is 6.24. The maximum Gasteiger partial charge on any atom is 0.244 e. The number of nitrogens with zero attached hydrogens (tertiary/aromatic N) is 2. The van der Waals surface area contributed by atoms with E-state index in [9.17, 15) is 10.4 Å². The molecule has 3 aromatic rings. The van der Waals surface area contributed by atoms with Crippen LogP contribution in [0.15, 0.2) is 64.5 Å². The zero-order valence-corrected chi connectivity index (χ0v) is 15.0. The van der Waals surface area contributed by atoms with E-state index in [1.807, 2.05) is 24.3 Å². The van der Waals surface area contributed by atoms with E-state index < -0.39 is 5.92 Å². The minimum absolute atomic E-state index is 0.0342. The number of rotatable bonds is 2. The maximum atomic E-state index is 9.65. The molecule has 2 aromatic carbocycles. The summed E-state index contributed by atoms with van der Waals surface area (Å²) in [5.41, 5.74) is 9.48. The molecule has 1 aromatic heterocycles. The number of phenols is 1. The van der Waals surface area contributed by atoms with Gasteiger partial charge < -0.3 is 15.6 Å². The van der Waals surface area contributed by atoms with Gasteiger partial charge in [0.05, 0.1) is 17.2 Å². The van der Waals surface area contributed by atoms with E-state index in [-0.39, 0.29) is 11.6 Å². The molecule has 128 valence electrons. The Morgan fingerprint density at radius 3 is 2.50 bits per heavy atom. The highest BCUT2D eigenvalue weighted by molar-refractivity contribution is 9.10. The van der Waals surface area contributed by atoms with E-state index in [2.05, 4.69) is 32.2 Å². The number of allylic oxidation sites excluding steroid dienone is 1. The average molecular weight is 409 g/mol. The molecule has 0 saturated carbocycles. The minimum Gasteiger partial charge on any atom is -0.508 e. The number of nitriles is 1. The van der Waals surface area contributed by atoms with Crippen molar-refractivity contribution in [2.24, 2.45) is 5.73 Å². The normalized spacial score (nSPS) is 15.9. The number of fused-ring (bicyclic) bond motifs is 1. The van der Waals surface area contributed by atoms with Gasteiger partial charge in [0.15, 0.2) is 0 Å². The Morgan fingerprint density at radius 1 is 1.15 bits per heavy atom. The number of phenolic OH excluding ortho intramolecular Hbond substituents is 1. The number of nitrogens with two attached hydrogens (primary N) is 1. The lowest BCUT2D eigenvalue weighted by molar-refractivity contribution is 0.379. The average Bonchev–Trinajstić information content (AvgIpc) is 3.05. The van der Waals surface area contributed by atoms with Crippen LogP contribution in [0.5, 0.6) is 11.6 Å². The summed E-state index contributed by atoms with van der Waals surface area (Å²) in [6, 6.07) is 16.6. The molecule has 7 heteroatoms. The first-order chi connectivity index (χ1) is 12.6. The molecule has 4 N–H and O–H groups in total. The summed E-state index contributed by atoms with van der Waals surface area (Å²) in [7, 11) is 0. The number of nitrogens with one attached hydrogen (secondary N) is 1. The lowest BCUT2D eigenvalue weighted by Crippen LogP contribution is -2.20. The topological polar surface area (TPSA) is 108 Å². The van der Waals surface area contributed by atoms with Gasteiger partial charge in [-0.3, -0.25) is 5.10 Å². The number of aromatic nitrogens is 2. The largest absolute Gasteiger partial charge is 0.508 e. The van der Waals surface area contributed by atoms with E-state index in [1.54, 1.807) is 24.3 Å². The summed E-state index contributed by atoms with van der Waals surface area (Å²) in [5, 5.41) is 26.5. The number of ether oxygens (including phenoxy) is 1. The fraction of sp³-hybridized carbons (Fsp3) is 0.0526. The van der Waals surface area contributed by atoms with Crippen LogP contribution < -0.4 is 10.5 Å². The van der Waals surface area contributed by atoms with Crippen molar-refractivity contribution in [3.8, 4) is 29.0 Å². The second-order valence-electron chi connectivity index (χ2n) is 5.84. The van der Waals surface area contributed by atoms with E-state index in [0.29, 0.717) is 11.5 Å². The van der Waals surface area contributed by atoms with Gasteiger partial charge in [-0.05, 0) is 29.8 Å². The number of halogens is 1. The monoisotopic (exact) mass is 408 g/mol. The standard InChI is InChI=1S/C19H13BrN4O2/c20-12-5-1-11(2-6-12)17-16-15(10-3-7-13(25)8-4-10)14(9-21)18(22)26-19(16)24-23-17/h1-8,15,25H,22H2,(H,23,24)/t15-/m0/s1. The molecule has 2 heterocycles. The van der Waals surface area contributed by atoms with Crippen molar-refractivity contribution in [1.29, 1.82) is 5.26 Å². The van der Waals surface area contributed by atoms with Crippen LogP contribution in [-0.4, -0.2) is 15.3 Å². The molecule has 0 spiro atoms. The van der Waals surface area contributed by atoms with E-state index in [1.165, 1.54) is 0 Å². The molecule has 4 rings (SSSR count). The molecule has 1 aliphatic heterocycles. The van der Waals surface area contributed by atoms with Gasteiger partial charge in [0.2, 0.25) is 11.8 Å². The first-order valence-electron chi connectivity index (χ1n) is 7.79. The molecule has 0 amide bonds. The lowest BCUT2D eigenvalue weighted by Gasteiger charge is -2.24. The van der Waals surface area contributed by atoms with Gasteiger partial charge in [-0.15, -0.1) is 5.10 Å². The second-order valence-corrected chi connectivity index (χ2v) is 6.76. The first-order valence-corrected chi connectivity index (χ1v) is 8.58. The Labute approximate surface area is 157 Å². The van der Waals surface area contributed by atoms with Crippen LogP contribution in [0.1, 0.15) is 17.0 Å². The van der Waals surface area contributed by atoms with Crippen molar-refractivity contribution >= 4 is 15.9 Å². The Bertz CT molecular complexity index is 1050. The third kappa shape index (κ3) is 2.61. The Kier molecular flexibility index (Phi) is 3.90. The number of hydrogen-bond donors (Lipinski definition) is 3. The van der Waals surface area contributed by atoms with Crippen LogP contribution in [0.2, 0.25) is 0 Å². The van der Waals surface area contributed by atoms with Gasteiger partial charge in [-0.1, -0.05) is 40.2 Å². The highest BCUT2D eigenvalue weighted by Gasteiger charge is 2.35. The Hall–Kier alpha value is -3.24. The molecule has 1 aliphatic rings. The summed E-state index contributed by atoms with van der Waals surface area (Å²) in [6.45, 7) is 0. The number of benzene rings is 2.